The van der Waals surface area contributed by atoms with Crippen molar-refractivity contribution in [2.24, 2.45) is 5.41 Å². The van der Waals surface area contributed by atoms with Crippen LogP contribution in [0.25, 0.3) is 0 Å². The van der Waals surface area contributed by atoms with Gasteiger partial charge in [-0.15, -0.1) is 0 Å². The second-order valence-corrected chi connectivity index (χ2v) is 5.48. The van der Waals surface area contributed by atoms with Crippen LogP contribution in [0.3, 0.4) is 0 Å². The van der Waals surface area contributed by atoms with Gasteiger partial charge in [0, 0.05) is 17.5 Å². The maximum Gasteiger partial charge on any atom is 0.324 e. The number of benzene rings is 1. The summed E-state index contributed by atoms with van der Waals surface area (Å²) in [5.74, 6) is 4.41. The van der Waals surface area contributed by atoms with Crippen molar-refractivity contribution in [1.82, 2.24) is 0 Å². The summed E-state index contributed by atoms with van der Waals surface area (Å²) in [6, 6.07) is 6.86. The maximum absolute atomic E-state index is 12.6. The molecule has 5 nitrogen and oxygen atoms in total. The standard InChI is InChI=1S/C21H24O5/c1-4-7-14-21(19(23)25-5-2,20(24)26-6-3)15-10-13-17-11-8-9-12-18(17)16-22/h4,7-9,11-12,16H,5-6,14-15H2,1-3H3. The lowest BCUT2D eigenvalue weighted by molar-refractivity contribution is -0.171. The number of hydrogen-bond donors (Lipinski definition) is 0. The fraction of sp³-hybridized carbons (Fsp3) is 0.381. The van der Waals surface area contributed by atoms with Crippen molar-refractivity contribution in [3.8, 4) is 11.8 Å². The summed E-state index contributed by atoms with van der Waals surface area (Å²) in [6.07, 6.45) is 4.25. The zero-order valence-corrected chi connectivity index (χ0v) is 15.4. The van der Waals surface area contributed by atoms with Gasteiger partial charge < -0.3 is 9.47 Å². The number of rotatable bonds is 8. The first-order valence-corrected chi connectivity index (χ1v) is 8.54. The van der Waals surface area contributed by atoms with E-state index in [9.17, 15) is 14.4 Å². The first kappa shape index (κ1) is 21.2. The molecule has 1 aromatic rings. The van der Waals surface area contributed by atoms with E-state index in [0.29, 0.717) is 17.4 Å². The largest absolute Gasteiger partial charge is 0.465 e. The first-order chi connectivity index (χ1) is 12.6. The van der Waals surface area contributed by atoms with E-state index >= 15 is 0 Å². The minimum absolute atomic E-state index is 0.0673. The third-order valence-corrected chi connectivity index (χ3v) is 3.74. The zero-order valence-electron chi connectivity index (χ0n) is 15.4. The SMILES string of the molecule is CC=CCC(CC#Cc1ccccc1C=O)(C(=O)OCC)C(=O)OCC. The lowest BCUT2D eigenvalue weighted by Crippen LogP contribution is -2.41. The summed E-state index contributed by atoms with van der Waals surface area (Å²) < 4.78 is 10.2. The molecule has 0 heterocycles. The van der Waals surface area contributed by atoms with Crippen LogP contribution in [0.4, 0.5) is 0 Å². The van der Waals surface area contributed by atoms with Gasteiger partial charge in [-0.1, -0.05) is 42.2 Å². The molecular formula is C21H24O5. The molecule has 1 rings (SSSR count). The van der Waals surface area contributed by atoms with E-state index in [1.807, 2.05) is 0 Å². The van der Waals surface area contributed by atoms with Crippen molar-refractivity contribution in [3.05, 3.63) is 47.5 Å². The van der Waals surface area contributed by atoms with Gasteiger partial charge in [0.2, 0.25) is 0 Å². The highest BCUT2D eigenvalue weighted by atomic mass is 16.6. The van der Waals surface area contributed by atoms with E-state index < -0.39 is 17.4 Å². The number of allylic oxidation sites excluding steroid dienone is 2. The summed E-state index contributed by atoms with van der Waals surface area (Å²) >= 11 is 0. The Morgan fingerprint density at radius 3 is 2.27 bits per heavy atom. The fourth-order valence-corrected chi connectivity index (χ4v) is 2.33. The lowest BCUT2D eigenvalue weighted by Gasteiger charge is -2.26. The molecule has 0 spiro atoms. The Balaban J connectivity index is 3.26. The molecule has 0 atom stereocenters. The second-order valence-electron chi connectivity index (χ2n) is 5.48. The van der Waals surface area contributed by atoms with E-state index in [0.717, 1.165) is 0 Å². The molecule has 0 fully saturated rings. The number of aldehydes is 1. The van der Waals surface area contributed by atoms with Gasteiger partial charge in [0.15, 0.2) is 11.7 Å². The Labute approximate surface area is 154 Å². The topological polar surface area (TPSA) is 69.7 Å². The molecule has 1 aromatic carbocycles. The summed E-state index contributed by atoms with van der Waals surface area (Å²) in [6.45, 7) is 5.45. The van der Waals surface area contributed by atoms with Crippen LogP contribution in [0.15, 0.2) is 36.4 Å². The molecule has 26 heavy (non-hydrogen) atoms. The van der Waals surface area contributed by atoms with Crippen molar-refractivity contribution < 1.29 is 23.9 Å². The molecule has 0 radical (unpaired) electrons. The van der Waals surface area contributed by atoms with Crippen LogP contribution in [0.1, 0.15) is 49.5 Å². The van der Waals surface area contributed by atoms with E-state index in [1.165, 1.54) is 0 Å². The molecule has 0 N–H and O–H groups in total. The monoisotopic (exact) mass is 356 g/mol. The Hall–Kier alpha value is -2.87. The molecular weight excluding hydrogens is 332 g/mol. The molecule has 0 aromatic heterocycles. The third-order valence-electron chi connectivity index (χ3n) is 3.74. The van der Waals surface area contributed by atoms with Gasteiger partial charge in [-0.3, -0.25) is 14.4 Å². The lowest BCUT2D eigenvalue weighted by atomic mass is 9.81. The molecule has 0 saturated heterocycles. The van der Waals surface area contributed by atoms with Gasteiger partial charge in [-0.25, -0.2) is 0 Å². The van der Waals surface area contributed by atoms with Gasteiger partial charge in [0.25, 0.3) is 0 Å². The predicted octanol–water partition coefficient (Wildman–Crippen LogP) is 3.32. The summed E-state index contributed by atoms with van der Waals surface area (Å²) in [5.41, 5.74) is -0.539. The molecule has 0 aliphatic heterocycles. The predicted molar refractivity (Wildman–Crippen MR) is 98.5 cm³/mol. The van der Waals surface area contributed by atoms with E-state index in [4.69, 9.17) is 9.47 Å². The van der Waals surface area contributed by atoms with Crippen molar-refractivity contribution in [2.75, 3.05) is 13.2 Å². The second kappa shape index (κ2) is 10.9. The quantitative estimate of drug-likeness (QED) is 0.235. The molecule has 5 heteroatoms. The zero-order chi connectivity index (χ0) is 19.4. The average Bonchev–Trinajstić information content (AvgIpc) is 2.65. The molecule has 0 amide bonds. The van der Waals surface area contributed by atoms with Crippen LogP contribution >= 0.6 is 0 Å². The van der Waals surface area contributed by atoms with Gasteiger partial charge in [0.1, 0.15) is 0 Å². The highest BCUT2D eigenvalue weighted by molar-refractivity contribution is 6.00. The summed E-state index contributed by atoms with van der Waals surface area (Å²) in [4.78, 5) is 36.2. The van der Waals surface area contributed by atoms with Gasteiger partial charge >= 0.3 is 11.9 Å². The minimum Gasteiger partial charge on any atom is -0.465 e. The smallest absolute Gasteiger partial charge is 0.324 e. The maximum atomic E-state index is 12.6. The highest BCUT2D eigenvalue weighted by Crippen LogP contribution is 2.31. The number of carbonyl (C=O) groups is 3. The van der Waals surface area contributed by atoms with Crippen molar-refractivity contribution in [3.63, 3.8) is 0 Å². The number of hydrogen-bond acceptors (Lipinski definition) is 5. The molecule has 138 valence electrons. The fourth-order valence-electron chi connectivity index (χ4n) is 2.33. The Bertz CT molecular complexity index is 703. The molecule has 0 aliphatic rings. The van der Waals surface area contributed by atoms with Gasteiger partial charge in [-0.2, -0.15) is 0 Å². The van der Waals surface area contributed by atoms with Crippen LogP contribution in [0.5, 0.6) is 0 Å². The molecule has 0 bridgehead atoms. The average molecular weight is 356 g/mol. The van der Waals surface area contributed by atoms with Crippen LogP contribution < -0.4 is 0 Å². The van der Waals surface area contributed by atoms with Crippen LogP contribution in [0.2, 0.25) is 0 Å². The Kier molecular flexibility index (Phi) is 8.86. The van der Waals surface area contributed by atoms with Gasteiger partial charge in [-0.05, 0) is 33.3 Å². The molecule has 0 unspecified atom stereocenters. The third kappa shape index (κ3) is 5.32. The molecule has 0 saturated carbocycles. The Morgan fingerprint density at radius 2 is 1.73 bits per heavy atom. The van der Waals surface area contributed by atoms with Crippen LogP contribution in [-0.4, -0.2) is 31.4 Å². The summed E-state index contributed by atoms with van der Waals surface area (Å²) in [7, 11) is 0. The van der Waals surface area contributed by atoms with Crippen LogP contribution in [-0.2, 0) is 19.1 Å². The number of carbonyl (C=O) groups excluding carboxylic acids is 3. The minimum atomic E-state index is -1.53. The number of esters is 2. The normalized spacial score (nSPS) is 10.7. The van der Waals surface area contributed by atoms with Crippen LogP contribution in [0, 0.1) is 17.3 Å². The Morgan fingerprint density at radius 1 is 1.12 bits per heavy atom. The number of ether oxygens (including phenoxy) is 2. The molecule has 0 aliphatic carbocycles. The summed E-state index contributed by atoms with van der Waals surface area (Å²) in [5, 5.41) is 0. The van der Waals surface area contributed by atoms with E-state index in [1.54, 1.807) is 57.2 Å². The van der Waals surface area contributed by atoms with Crippen molar-refractivity contribution in [2.45, 2.75) is 33.6 Å². The van der Waals surface area contributed by atoms with Gasteiger partial charge in [0.05, 0.1) is 13.2 Å². The van der Waals surface area contributed by atoms with Crippen molar-refractivity contribution >= 4 is 18.2 Å². The first-order valence-electron chi connectivity index (χ1n) is 8.54. The van der Waals surface area contributed by atoms with E-state index in [-0.39, 0.29) is 26.1 Å². The highest BCUT2D eigenvalue weighted by Gasteiger charge is 2.47. The van der Waals surface area contributed by atoms with E-state index in [2.05, 4.69) is 11.8 Å². The van der Waals surface area contributed by atoms with Crippen molar-refractivity contribution in [1.29, 1.82) is 0 Å².